The average Bonchev–Trinajstić information content (AvgIpc) is 3.51. The number of nitrogens with one attached hydrogen (secondary N) is 2. The third kappa shape index (κ3) is 5.46. The van der Waals surface area contributed by atoms with Crippen LogP contribution in [0.25, 0.3) is 11.2 Å². The summed E-state index contributed by atoms with van der Waals surface area (Å²) in [5, 5.41) is 7.18. The van der Waals surface area contributed by atoms with Gasteiger partial charge in [0.1, 0.15) is 0 Å². The smallest absolute Gasteiger partial charge is 0.227 e. The Bertz CT molecular complexity index is 1020. The Labute approximate surface area is 196 Å². The van der Waals surface area contributed by atoms with Crippen LogP contribution in [-0.4, -0.2) is 38.1 Å². The van der Waals surface area contributed by atoms with Crippen LogP contribution >= 0.6 is 0 Å². The van der Waals surface area contributed by atoms with E-state index in [-0.39, 0.29) is 0 Å². The Balaban J connectivity index is 1.29. The lowest BCUT2D eigenvalue weighted by molar-refractivity contribution is 0.410. The van der Waals surface area contributed by atoms with E-state index in [9.17, 15) is 0 Å². The minimum absolute atomic E-state index is 0.336. The zero-order valence-electron chi connectivity index (χ0n) is 19.5. The summed E-state index contributed by atoms with van der Waals surface area (Å²) in [6, 6.07) is 11.9. The SMILES string of the molecule is N[C@H]1CC[C@H](Nc2nc(NCCCCc3ccccc3)c3ncn(C4CCCC4)c3n2)CC1. The van der Waals surface area contributed by atoms with Gasteiger partial charge in [-0.25, -0.2) is 4.98 Å². The van der Waals surface area contributed by atoms with Gasteiger partial charge >= 0.3 is 0 Å². The summed E-state index contributed by atoms with van der Waals surface area (Å²) in [5.41, 5.74) is 9.35. The third-order valence-electron chi connectivity index (χ3n) is 7.27. The van der Waals surface area contributed by atoms with Crippen LogP contribution in [0.2, 0.25) is 0 Å². The van der Waals surface area contributed by atoms with Crippen molar-refractivity contribution in [2.45, 2.75) is 88.8 Å². The highest BCUT2D eigenvalue weighted by molar-refractivity contribution is 5.84. The zero-order valence-corrected chi connectivity index (χ0v) is 19.5. The molecule has 7 nitrogen and oxygen atoms in total. The Morgan fingerprint density at radius 1 is 0.939 bits per heavy atom. The number of nitrogens with two attached hydrogens (primary N) is 1. The molecular formula is C26H37N7. The predicted molar refractivity (Wildman–Crippen MR) is 135 cm³/mol. The lowest BCUT2D eigenvalue weighted by Gasteiger charge is -2.27. The first-order chi connectivity index (χ1) is 16.3. The normalized spacial score (nSPS) is 21.5. The number of aryl methyl sites for hydroxylation is 1. The minimum atomic E-state index is 0.336. The molecule has 2 aliphatic rings. The number of hydrogen-bond donors (Lipinski definition) is 3. The van der Waals surface area contributed by atoms with E-state index in [2.05, 4.69) is 45.5 Å². The van der Waals surface area contributed by atoms with E-state index >= 15 is 0 Å². The van der Waals surface area contributed by atoms with Gasteiger partial charge in [-0.1, -0.05) is 43.2 Å². The Morgan fingerprint density at radius 3 is 2.52 bits per heavy atom. The minimum Gasteiger partial charge on any atom is -0.368 e. The number of hydrogen-bond acceptors (Lipinski definition) is 6. The van der Waals surface area contributed by atoms with E-state index < -0.39 is 0 Å². The third-order valence-corrected chi connectivity index (χ3v) is 7.27. The number of benzene rings is 1. The van der Waals surface area contributed by atoms with Crippen LogP contribution in [0.15, 0.2) is 36.7 Å². The van der Waals surface area contributed by atoms with E-state index in [1.54, 1.807) is 0 Å². The summed E-state index contributed by atoms with van der Waals surface area (Å²) in [4.78, 5) is 14.6. The van der Waals surface area contributed by atoms with E-state index in [0.29, 0.717) is 18.1 Å². The molecule has 2 fully saturated rings. The molecule has 4 N–H and O–H groups in total. The zero-order chi connectivity index (χ0) is 22.5. The fourth-order valence-corrected chi connectivity index (χ4v) is 5.31. The van der Waals surface area contributed by atoms with Crippen molar-refractivity contribution < 1.29 is 0 Å². The lowest BCUT2D eigenvalue weighted by atomic mass is 9.92. The highest BCUT2D eigenvalue weighted by atomic mass is 15.2. The highest BCUT2D eigenvalue weighted by Gasteiger charge is 2.23. The summed E-state index contributed by atoms with van der Waals surface area (Å²) in [6.45, 7) is 0.882. The van der Waals surface area contributed by atoms with Crippen molar-refractivity contribution in [3.05, 3.63) is 42.2 Å². The average molecular weight is 448 g/mol. The van der Waals surface area contributed by atoms with Crippen LogP contribution in [0.1, 0.15) is 75.8 Å². The molecule has 0 unspecified atom stereocenters. The van der Waals surface area contributed by atoms with E-state index in [1.807, 2.05) is 6.33 Å². The van der Waals surface area contributed by atoms with Crippen molar-refractivity contribution in [1.82, 2.24) is 19.5 Å². The van der Waals surface area contributed by atoms with Gasteiger partial charge in [0, 0.05) is 24.7 Å². The largest absolute Gasteiger partial charge is 0.368 e. The summed E-state index contributed by atoms with van der Waals surface area (Å²) in [5.74, 6) is 1.57. The van der Waals surface area contributed by atoms with Gasteiger partial charge < -0.3 is 20.9 Å². The molecule has 2 aromatic heterocycles. The molecule has 0 bridgehead atoms. The van der Waals surface area contributed by atoms with E-state index in [4.69, 9.17) is 20.7 Å². The number of anilines is 2. The van der Waals surface area contributed by atoms with Crippen LogP contribution in [0, 0.1) is 0 Å². The molecule has 33 heavy (non-hydrogen) atoms. The first-order valence-corrected chi connectivity index (χ1v) is 12.8. The molecule has 0 atom stereocenters. The Kier molecular flexibility index (Phi) is 7.05. The number of rotatable bonds is 9. The fourth-order valence-electron chi connectivity index (χ4n) is 5.31. The van der Waals surface area contributed by atoms with Crippen LogP contribution < -0.4 is 16.4 Å². The van der Waals surface area contributed by atoms with Gasteiger partial charge in [0.25, 0.3) is 0 Å². The van der Waals surface area contributed by atoms with Gasteiger partial charge in [-0.3, -0.25) is 0 Å². The molecule has 7 heteroatoms. The van der Waals surface area contributed by atoms with E-state index in [0.717, 1.165) is 74.4 Å². The maximum Gasteiger partial charge on any atom is 0.227 e. The van der Waals surface area contributed by atoms with Gasteiger partial charge in [-0.2, -0.15) is 9.97 Å². The van der Waals surface area contributed by atoms with Gasteiger partial charge in [0.05, 0.1) is 6.33 Å². The maximum absolute atomic E-state index is 6.10. The molecule has 176 valence electrons. The van der Waals surface area contributed by atoms with Crippen molar-refractivity contribution >= 4 is 22.9 Å². The second kappa shape index (κ2) is 10.5. The number of unbranched alkanes of at least 4 members (excludes halogenated alkanes) is 1. The van der Waals surface area contributed by atoms with Gasteiger partial charge in [0.15, 0.2) is 17.0 Å². The first kappa shape index (κ1) is 22.1. The van der Waals surface area contributed by atoms with Crippen molar-refractivity contribution in [3.8, 4) is 0 Å². The summed E-state index contributed by atoms with van der Waals surface area (Å²) in [6.07, 6.45) is 14.6. The molecule has 3 aromatic rings. The van der Waals surface area contributed by atoms with Crippen molar-refractivity contribution in [2.24, 2.45) is 5.73 Å². The monoisotopic (exact) mass is 447 g/mol. The molecule has 0 radical (unpaired) electrons. The predicted octanol–water partition coefficient (Wildman–Crippen LogP) is 5.06. The molecule has 1 aromatic carbocycles. The first-order valence-electron chi connectivity index (χ1n) is 12.8. The molecule has 2 saturated carbocycles. The fraction of sp³-hybridized carbons (Fsp3) is 0.577. The molecule has 0 spiro atoms. The van der Waals surface area contributed by atoms with Crippen LogP contribution in [0.3, 0.4) is 0 Å². The summed E-state index contributed by atoms with van der Waals surface area (Å²) < 4.78 is 2.28. The molecule has 0 amide bonds. The quantitative estimate of drug-likeness (QED) is 0.397. The Morgan fingerprint density at radius 2 is 1.73 bits per heavy atom. The highest BCUT2D eigenvalue weighted by Crippen LogP contribution is 2.33. The topological polar surface area (TPSA) is 93.7 Å². The molecule has 2 aliphatic carbocycles. The van der Waals surface area contributed by atoms with E-state index in [1.165, 1.54) is 31.2 Å². The summed E-state index contributed by atoms with van der Waals surface area (Å²) in [7, 11) is 0. The van der Waals surface area contributed by atoms with Crippen LogP contribution in [0.5, 0.6) is 0 Å². The number of nitrogens with zero attached hydrogens (tertiary/aromatic N) is 4. The van der Waals surface area contributed by atoms with Crippen molar-refractivity contribution in [3.63, 3.8) is 0 Å². The lowest BCUT2D eigenvalue weighted by Crippen LogP contribution is -2.33. The molecule has 5 rings (SSSR count). The van der Waals surface area contributed by atoms with Gasteiger partial charge in [0.2, 0.25) is 5.95 Å². The second-order valence-corrected chi connectivity index (χ2v) is 9.78. The van der Waals surface area contributed by atoms with Gasteiger partial charge in [-0.05, 0) is 63.4 Å². The Hall–Kier alpha value is -2.67. The molecule has 0 aliphatic heterocycles. The van der Waals surface area contributed by atoms with Crippen molar-refractivity contribution in [2.75, 3.05) is 17.2 Å². The number of fused-ring (bicyclic) bond motifs is 1. The number of imidazole rings is 1. The molecule has 0 saturated heterocycles. The van der Waals surface area contributed by atoms with Gasteiger partial charge in [-0.15, -0.1) is 0 Å². The summed E-state index contributed by atoms with van der Waals surface area (Å²) >= 11 is 0. The van der Waals surface area contributed by atoms with Crippen LogP contribution in [-0.2, 0) is 6.42 Å². The molecular weight excluding hydrogens is 410 g/mol. The maximum atomic E-state index is 6.10. The standard InChI is InChI=1S/C26H37N7/c27-20-13-15-21(16-14-20)30-26-31-24(28-17-7-6-10-19-8-2-1-3-9-19)23-25(32-26)33(18-29-23)22-11-4-5-12-22/h1-3,8-9,18,20-22H,4-7,10-17,27H2,(H2,28,30,31,32)/t20-,21-. The second-order valence-electron chi connectivity index (χ2n) is 9.78. The molecule has 2 heterocycles. The van der Waals surface area contributed by atoms with Crippen molar-refractivity contribution in [1.29, 1.82) is 0 Å². The van der Waals surface area contributed by atoms with Crippen LogP contribution in [0.4, 0.5) is 11.8 Å². The number of aromatic nitrogens is 4.